The lowest BCUT2D eigenvalue weighted by Gasteiger charge is -2.12. The Morgan fingerprint density at radius 2 is 1.81 bits per heavy atom. The maximum atomic E-state index is 12.7. The molecule has 0 aliphatic rings. The number of aryl methyl sites for hydroxylation is 1. The van der Waals surface area contributed by atoms with Crippen LogP contribution in [0.2, 0.25) is 0 Å². The van der Waals surface area contributed by atoms with Crippen LogP contribution in [0.1, 0.15) is 59.3 Å². The lowest BCUT2D eigenvalue weighted by Crippen LogP contribution is -2.14. The zero-order chi connectivity index (χ0) is 20.1. The molecule has 0 saturated carbocycles. The third-order valence-corrected chi connectivity index (χ3v) is 4.73. The van der Waals surface area contributed by atoms with Crippen molar-refractivity contribution in [1.82, 2.24) is 4.57 Å². The van der Waals surface area contributed by atoms with Gasteiger partial charge in [-0.25, -0.2) is 0 Å². The number of aromatic nitrogens is 1. The molecule has 0 unspecified atom stereocenters. The molecule has 1 heterocycles. The molecule has 0 atom stereocenters. The van der Waals surface area contributed by atoms with Crippen molar-refractivity contribution in [2.45, 2.75) is 47.6 Å². The van der Waals surface area contributed by atoms with Gasteiger partial charge in [-0.05, 0) is 57.4 Å². The van der Waals surface area contributed by atoms with Crippen LogP contribution >= 0.6 is 0 Å². The Hall–Kier alpha value is -2.56. The van der Waals surface area contributed by atoms with Gasteiger partial charge in [0, 0.05) is 29.1 Å². The van der Waals surface area contributed by atoms with Crippen LogP contribution in [0, 0.1) is 19.8 Å². The third kappa shape index (κ3) is 5.00. The number of nitrogens with zero attached hydrogens (tertiary/aromatic N) is 1. The zero-order valence-electron chi connectivity index (χ0n) is 17.1. The number of ether oxygens (including phenoxy) is 2. The summed E-state index contributed by atoms with van der Waals surface area (Å²) in [6.45, 7) is 10.7. The normalized spacial score (nSPS) is 10.9. The summed E-state index contributed by atoms with van der Waals surface area (Å²) in [4.78, 5) is 24.2. The van der Waals surface area contributed by atoms with E-state index in [1.807, 2.05) is 19.9 Å². The van der Waals surface area contributed by atoms with Crippen LogP contribution in [0.15, 0.2) is 24.3 Å². The molecule has 0 N–H and O–H groups in total. The highest BCUT2D eigenvalue weighted by Gasteiger charge is 2.17. The highest BCUT2D eigenvalue weighted by molar-refractivity contribution is 5.98. The van der Waals surface area contributed by atoms with Gasteiger partial charge in [0.25, 0.3) is 0 Å². The molecule has 27 heavy (non-hydrogen) atoms. The molecule has 0 fully saturated rings. The number of methoxy groups -OCH3 is 1. The lowest BCUT2D eigenvalue weighted by molar-refractivity contribution is 0.0917. The van der Waals surface area contributed by atoms with Gasteiger partial charge in [0.2, 0.25) is 5.78 Å². The van der Waals surface area contributed by atoms with Crippen molar-refractivity contribution < 1.29 is 19.1 Å². The van der Waals surface area contributed by atoms with Crippen molar-refractivity contribution in [2.75, 3.05) is 13.7 Å². The molecular formula is C22H29NO4. The van der Waals surface area contributed by atoms with Crippen molar-refractivity contribution in [1.29, 1.82) is 0 Å². The molecule has 0 bridgehead atoms. The predicted octanol–water partition coefficient (Wildman–Crippen LogP) is 4.62. The Kier molecular flexibility index (Phi) is 6.83. The maximum absolute atomic E-state index is 12.7. The van der Waals surface area contributed by atoms with Crippen LogP contribution in [-0.4, -0.2) is 29.9 Å². The SMILES string of the molecule is COc1cc(C(C)=O)ccc1OCC(=O)c1cc(C)n(CCC(C)C)c1C. The first-order chi connectivity index (χ1) is 12.7. The van der Waals surface area contributed by atoms with Gasteiger partial charge in [0.15, 0.2) is 23.9 Å². The number of carbonyl (C=O) groups is 2. The van der Waals surface area contributed by atoms with E-state index in [0.29, 0.717) is 28.5 Å². The van der Waals surface area contributed by atoms with Crippen LogP contribution in [0.4, 0.5) is 0 Å². The van der Waals surface area contributed by atoms with Gasteiger partial charge < -0.3 is 14.0 Å². The molecule has 0 spiro atoms. The van der Waals surface area contributed by atoms with E-state index in [-0.39, 0.29) is 18.2 Å². The minimum atomic E-state index is -0.0791. The Morgan fingerprint density at radius 1 is 1.11 bits per heavy atom. The molecule has 0 amide bonds. The number of hydrogen-bond acceptors (Lipinski definition) is 4. The third-order valence-electron chi connectivity index (χ3n) is 4.73. The summed E-state index contributed by atoms with van der Waals surface area (Å²) in [5.41, 5.74) is 3.29. The first-order valence-corrected chi connectivity index (χ1v) is 9.26. The molecule has 1 aromatic heterocycles. The monoisotopic (exact) mass is 371 g/mol. The summed E-state index contributed by atoms with van der Waals surface area (Å²) in [6, 6.07) is 6.88. The first-order valence-electron chi connectivity index (χ1n) is 9.26. The van der Waals surface area contributed by atoms with Gasteiger partial charge in [0.05, 0.1) is 7.11 Å². The van der Waals surface area contributed by atoms with Crippen molar-refractivity contribution in [3.8, 4) is 11.5 Å². The van der Waals surface area contributed by atoms with E-state index in [1.54, 1.807) is 18.2 Å². The molecule has 0 radical (unpaired) electrons. The maximum Gasteiger partial charge on any atom is 0.202 e. The van der Waals surface area contributed by atoms with Crippen LogP contribution < -0.4 is 9.47 Å². The molecule has 0 aliphatic carbocycles. The van der Waals surface area contributed by atoms with E-state index >= 15 is 0 Å². The zero-order valence-corrected chi connectivity index (χ0v) is 17.1. The smallest absolute Gasteiger partial charge is 0.202 e. The van der Waals surface area contributed by atoms with Crippen LogP contribution in [-0.2, 0) is 6.54 Å². The van der Waals surface area contributed by atoms with E-state index in [9.17, 15) is 9.59 Å². The number of benzene rings is 1. The molecule has 0 aliphatic heterocycles. The summed E-state index contributed by atoms with van der Waals surface area (Å²) in [7, 11) is 1.51. The molecule has 0 saturated heterocycles. The van der Waals surface area contributed by atoms with Crippen molar-refractivity contribution in [2.24, 2.45) is 5.92 Å². The molecule has 146 valence electrons. The first kappa shape index (κ1) is 20.7. The average Bonchev–Trinajstić information content (AvgIpc) is 2.91. The molecule has 2 rings (SSSR count). The molecule has 5 heteroatoms. The van der Waals surface area contributed by atoms with Gasteiger partial charge in [-0.15, -0.1) is 0 Å². The summed E-state index contributed by atoms with van der Waals surface area (Å²) < 4.78 is 13.2. The fourth-order valence-corrected chi connectivity index (χ4v) is 3.04. The Morgan fingerprint density at radius 3 is 2.41 bits per heavy atom. The van der Waals surface area contributed by atoms with E-state index in [0.717, 1.165) is 24.4 Å². The van der Waals surface area contributed by atoms with E-state index < -0.39 is 0 Å². The standard InChI is InChI=1S/C22H29NO4/c1-14(2)9-10-23-15(3)11-19(16(23)4)20(25)13-27-21-8-7-18(17(5)24)12-22(21)26-6/h7-8,11-12,14H,9-10,13H2,1-6H3. The quantitative estimate of drug-likeness (QED) is 0.603. The van der Waals surface area contributed by atoms with Crippen LogP contribution in [0.5, 0.6) is 11.5 Å². The summed E-state index contributed by atoms with van der Waals surface area (Å²) in [5.74, 6) is 1.38. The molecule has 2 aromatic rings. The lowest BCUT2D eigenvalue weighted by atomic mass is 10.1. The van der Waals surface area contributed by atoms with Crippen molar-refractivity contribution >= 4 is 11.6 Å². The van der Waals surface area contributed by atoms with E-state index in [2.05, 4.69) is 18.4 Å². The fourth-order valence-electron chi connectivity index (χ4n) is 3.04. The molecular weight excluding hydrogens is 342 g/mol. The second-order valence-corrected chi connectivity index (χ2v) is 7.25. The second-order valence-electron chi connectivity index (χ2n) is 7.25. The van der Waals surface area contributed by atoms with Crippen molar-refractivity contribution in [3.05, 3.63) is 46.8 Å². The van der Waals surface area contributed by atoms with E-state index in [4.69, 9.17) is 9.47 Å². The van der Waals surface area contributed by atoms with Gasteiger partial charge in [0.1, 0.15) is 0 Å². The van der Waals surface area contributed by atoms with Gasteiger partial charge in [-0.2, -0.15) is 0 Å². The number of carbonyl (C=O) groups excluding carboxylic acids is 2. The predicted molar refractivity (Wildman–Crippen MR) is 106 cm³/mol. The highest BCUT2D eigenvalue weighted by Crippen LogP contribution is 2.28. The minimum Gasteiger partial charge on any atom is -0.493 e. The number of rotatable bonds is 9. The van der Waals surface area contributed by atoms with Crippen LogP contribution in [0.3, 0.4) is 0 Å². The van der Waals surface area contributed by atoms with Gasteiger partial charge in [-0.1, -0.05) is 13.8 Å². The van der Waals surface area contributed by atoms with Crippen molar-refractivity contribution in [3.63, 3.8) is 0 Å². The van der Waals surface area contributed by atoms with Gasteiger partial charge >= 0.3 is 0 Å². The Balaban J connectivity index is 2.12. The molecule has 5 nitrogen and oxygen atoms in total. The summed E-state index contributed by atoms with van der Waals surface area (Å²) >= 11 is 0. The molecule has 1 aromatic carbocycles. The summed E-state index contributed by atoms with van der Waals surface area (Å²) in [6.07, 6.45) is 1.07. The van der Waals surface area contributed by atoms with Crippen LogP contribution in [0.25, 0.3) is 0 Å². The minimum absolute atomic E-state index is 0.0511. The Labute approximate surface area is 161 Å². The highest BCUT2D eigenvalue weighted by atomic mass is 16.5. The summed E-state index contributed by atoms with van der Waals surface area (Å²) in [5, 5.41) is 0. The van der Waals surface area contributed by atoms with E-state index in [1.165, 1.54) is 14.0 Å². The van der Waals surface area contributed by atoms with Gasteiger partial charge in [-0.3, -0.25) is 9.59 Å². The number of ketones is 2. The fraction of sp³-hybridized carbons (Fsp3) is 0.455. The second kappa shape index (κ2) is 8.89. The Bertz CT molecular complexity index is 833. The average molecular weight is 371 g/mol. The topological polar surface area (TPSA) is 57.5 Å². The number of Topliss-reactive ketones (excluding diaryl/α,β-unsaturated/α-hetero) is 2. The number of hydrogen-bond donors (Lipinski definition) is 0. The largest absolute Gasteiger partial charge is 0.493 e.